The van der Waals surface area contributed by atoms with Crippen LogP contribution >= 0.6 is 11.3 Å². The molecule has 0 fully saturated rings. The summed E-state index contributed by atoms with van der Waals surface area (Å²) < 4.78 is 46.1. The monoisotopic (exact) mass is 308 g/mol. The van der Waals surface area contributed by atoms with E-state index in [0.29, 0.717) is 32.7 Å². The summed E-state index contributed by atoms with van der Waals surface area (Å²) in [6.07, 6.45) is 0.829. The van der Waals surface area contributed by atoms with Gasteiger partial charge in [-0.15, -0.1) is 11.3 Å². The molecule has 0 aliphatic carbocycles. The molecule has 19 heavy (non-hydrogen) atoms. The van der Waals surface area contributed by atoms with E-state index in [9.17, 15) is 8.42 Å². The zero-order valence-corrected chi connectivity index (χ0v) is 11.9. The van der Waals surface area contributed by atoms with Crippen molar-refractivity contribution in [2.24, 2.45) is 0 Å². The fourth-order valence-electron chi connectivity index (χ4n) is 1.65. The molecule has 1 aromatic rings. The van der Waals surface area contributed by atoms with Crippen LogP contribution < -0.4 is 9.47 Å². The molecule has 108 valence electrons. The van der Waals surface area contributed by atoms with Crippen LogP contribution in [-0.2, 0) is 14.9 Å². The van der Waals surface area contributed by atoms with Crippen molar-refractivity contribution in [1.29, 1.82) is 0 Å². The Hall–Kier alpha value is -0.830. The highest BCUT2D eigenvalue weighted by Gasteiger charge is 2.21. The molecule has 1 aliphatic rings. The molecular formula is C11H16O6S2. The normalized spacial score (nSPS) is 18.5. The molecule has 0 spiro atoms. The molecule has 1 atom stereocenters. The Morgan fingerprint density at radius 3 is 2.95 bits per heavy atom. The lowest BCUT2D eigenvalue weighted by Crippen LogP contribution is -2.33. The van der Waals surface area contributed by atoms with Gasteiger partial charge in [-0.05, 0) is 12.8 Å². The SMILES string of the molecule is O=S(=O)(O)CCCCOC[C@@H]1COc2cscc2O1. The van der Waals surface area contributed by atoms with Crippen molar-refractivity contribution in [2.45, 2.75) is 18.9 Å². The van der Waals surface area contributed by atoms with Gasteiger partial charge in [0.15, 0.2) is 17.6 Å². The highest BCUT2D eigenvalue weighted by Crippen LogP contribution is 2.35. The lowest BCUT2D eigenvalue weighted by molar-refractivity contribution is 0.00876. The van der Waals surface area contributed by atoms with Gasteiger partial charge in [0.25, 0.3) is 10.1 Å². The summed E-state index contributed by atoms with van der Waals surface area (Å²) >= 11 is 1.52. The van der Waals surface area contributed by atoms with E-state index in [4.69, 9.17) is 18.8 Å². The molecule has 1 aromatic heterocycles. The predicted octanol–water partition coefficient (Wildman–Crippen LogP) is 1.57. The minimum absolute atomic E-state index is 0.135. The van der Waals surface area contributed by atoms with Crippen molar-refractivity contribution in [3.63, 3.8) is 0 Å². The van der Waals surface area contributed by atoms with Crippen LogP contribution in [0.4, 0.5) is 0 Å². The van der Waals surface area contributed by atoms with Crippen molar-refractivity contribution in [1.82, 2.24) is 0 Å². The van der Waals surface area contributed by atoms with E-state index in [1.165, 1.54) is 11.3 Å². The highest BCUT2D eigenvalue weighted by atomic mass is 32.2. The van der Waals surface area contributed by atoms with Crippen molar-refractivity contribution in [3.8, 4) is 11.5 Å². The Morgan fingerprint density at radius 1 is 1.37 bits per heavy atom. The smallest absolute Gasteiger partial charge is 0.264 e. The molecule has 0 radical (unpaired) electrons. The molecule has 8 heteroatoms. The molecule has 0 aromatic carbocycles. The Morgan fingerprint density at radius 2 is 2.16 bits per heavy atom. The number of hydrogen-bond acceptors (Lipinski definition) is 6. The van der Waals surface area contributed by atoms with Crippen LogP contribution in [0.2, 0.25) is 0 Å². The van der Waals surface area contributed by atoms with Crippen LogP contribution in [0.25, 0.3) is 0 Å². The zero-order chi connectivity index (χ0) is 13.7. The topological polar surface area (TPSA) is 82.1 Å². The highest BCUT2D eigenvalue weighted by molar-refractivity contribution is 7.85. The average molecular weight is 308 g/mol. The van der Waals surface area contributed by atoms with Crippen LogP contribution in [0.15, 0.2) is 10.8 Å². The second kappa shape index (κ2) is 6.56. The summed E-state index contributed by atoms with van der Waals surface area (Å²) in [6, 6.07) is 0. The second-order valence-electron chi connectivity index (χ2n) is 4.22. The van der Waals surface area contributed by atoms with Crippen molar-refractivity contribution in [2.75, 3.05) is 25.6 Å². The van der Waals surface area contributed by atoms with E-state index >= 15 is 0 Å². The first-order valence-electron chi connectivity index (χ1n) is 5.93. The summed E-state index contributed by atoms with van der Waals surface area (Å²) in [4.78, 5) is 0. The van der Waals surface area contributed by atoms with Crippen LogP contribution in [0.5, 0.6) is 11.5 Å². The second-order valence-corrected chi connectivity index (χ2v) is 6.53. The van der Waals surface area contributed by atoms with Gasteiger partial charge in [-0.1, -0.05) is 0 Å². The third-order valence-corrected chi connectivity index (χ3v) is 4.06. The Balaban J connectivity index is 1.57. The fraction of sp³-hybridized carbons (Fsp3) is 0.636. The van der Waals surface area contributed by atoms with Gasteiger partial charge in [-0.3, -0.25) is 4.55 Å². The molecule has 0 unspecified atom stereocenters. The van der Waals surface area contributed by atoms with Crippen molar-refractivity contribution >= 4 is 21.5 Å². The quantitative estimate of drug-likeness (QED) is 0.608. The Labute approximate surface area is 116 Å². The van der Waals surface area contributed by atoms with Gasteiger partial charge in [-0.2, -0.15) is 8.42 Å². The van der Waals surface area contributed by atoms with Crippen LogP contribution in [-0.4, -0.2) is 44.6 Å². The third kappa shape index (κ3) is 4.98. The van der Waals surface area contributed by atoms with Crippen LogP contribution in [0, 0.1) is 0 Å². The molecule has 1 aliphatic heterocycles. The maximum absolute atomic E-state index is 10.5. The maximum Gasteiger partial charge on any atom is 0.264 e. The number of ether oxygens (including phenoxy) is 3. The molecule has 0 saturated heterocycles. The van der Waals surface area contributed by atoms with Crippen LogP contribution in [0.3, 0.4) is 0 Å². The van der Waals surface area contributed by atoms with Crippen molar-refractivity contribution < 1.29 is 27.2 Å². The molecule has 6 nitrogen and oxygen atoms in total. The molecule has 0 amide bonds. The fourth-order valence-corrected chi connectivity index (χ4v) is 2.89. The van der Waals surface area contributed by atoms with E-state index < -0.39 is 10.1 Å². The van der Waals surface area contributed by atoms with Crippen LogP contribution in [0.1, 0.15) is 12.8 Å². The number of unbranched alkanes of at least 4 members (excludes halogenated alkanes) is 1. The van der Waals surface area contributed by atoms with Gasteiger partial charge < -0.3 is 14.2 Å². The summed E-state index contributed by atoms with van der Waals surface area (Å²) in [5, 5.41) is 3.77. The van der Waals surface area contributed by atoms with E-state index in [1.807, 2.05) is 10.8 Å². The molecule has 1 N–H and O–H groups in total. The van der Waals surface area contributed by atoms with E-state index in [2.05, 4.69) is 0 Å². The Kier molecular flexibility index (Phi) is 5.03. The van der Waals surface area contributed by atoms with E-state index in [0.717, 1.165) is 11.5 Å². The molecular weight excluding hydrogens is 292 g/mol. The van der Waals surface area contributed by atoms with Gasteiger partial charge in [0.05, 0.1) is 12.4 Å². The number of thiophene rings is 1. The standard InChI is InChI=1S/C11H16O6S2/c12-19(13,14)4-2-1-3-15-5-9-6-16-10-7-18-8-11(10)17-9/h7-9H,1-6H2,(H,12,13,14)/t9-/m1/s1. The first-order valence-corrected chi connectivity index (χ1v) is 8.48. The summed E-state index contributed by atoms with van der Waals surface area (Å²) in [6.45, 7) is 1.29. The summed E-state index contributed by atoms with van der Waals surface area (Å²) in [5.74, 6) is 1.29. The van der Waals surface area contributed by atoms with Gasteiger partial charge in [0.1, 0.15) is 6.61 Å². The number of fused-ring (bicyclic) bond motifs is 1. The molecule has 0 bridgehead atoms. The van der Waals surface area contributed by atoms with Gasteiger partial charge in [0, 0.05) is 17.4 Å². The van der Waals surface area contributed by atoms with Gasteiger partial charge in [0.2, 0.25) is 0 Å². The lowest BCUT2D eigenvalue weighted by atomic mass is 10.3. The van der Waals surface area contributed by atoms with Gasteiger partial charge >= 0.3 is 0 Å². The molecule has 2 rings (SSSR count). The average Bonchev–Trinajstić information content (AvgIpc) is 2.79. The number of rotatable bonds is 7. The summed E-state index contributed by atoms with van der Waals surface area (Å²) in [5.41, 5.74) is 0. The first kappa shape index (κ1) is 14.6. The zero-order valence-electron chi connectivity index (χ0n) is 10.3. The molecule has 0 saturated carbocycles. The van der Waals surface area contributed by atoms with E-state index in [-0.39, 0.29) is 11.9 Å². The largest absolute Gasteiger partial charge is 0.485 e. The summed E-state index contributed by atoms with van der Waals surface area (Å²) in [7, 11) is -3.86. The van der Waals surface area contributed by atoms with E-state index in [1.54, 1.807) is 0 Å². The minimum atomic E-state index is -3.86. The van der Waals surface area contributed by atoms with Gasteiger partial charge in [-0.25, -0.2) is 0 Å². The molecule has 2 heterocycles. The predicted molar refractivity (Wildman–Crippen MR) is 70.7 cm³/mol. The van der Waals surface area contributed by atoms with Crippen molar-refractivity contribution in [3.05, 3.63) is 10.8 Å². The number of hydrogen-bond donors (Lipinski definition) is 1. The third-order valence-electron chi connectivity index (χ3n) is 2.56. The minimum Gasteiger partial charge on any atom is -0.485 e. The maximum atomic E-state index is 10.5. The Bertz CT molecular complexity index is 495. The lowest BCUT2D eigenvalue weighted by Gasteiger charge is -2.24. The first-order chi connectivity index (χ1) is 9.04.